The second-order valence-electron chi connectivity index (χ2n) is 14.9. The molecular weight excluding hydrogens is 733 g/mol. The summed E-state index contributed by atoms with van der Waals surface area (Å²) in [5.74, 6) is -1.01. The van der Waals surface area contributed by atoms with Crippen LogP contribution in [0.1, 0.15) is 188 Å². The van der Waals surface area contributed by atoms with Gasteiger partial charge in [-0.25, -0.2) is 0 Å². The van der Waals surface area contributed by atoms with Gasteiger partial charge in [0.15, 0.2) is 6.10 Å². The summed E-state index contributed by atoms with van der Waals surface area (Å²) < 4.78 is 16.7. The molecule has 1 unspecified atom stereocenters. The molecule has 0 heterocycles. The number of allylic oxidation sites excluding steroid dienone is 18. The van der Waals surface area contributed by atoms with Gasteiger partial charge in [-0.1, -0.05) is 162 Å². The van der Waals surface area contributed by atoms with Crippen LogP contribution in [0.4, 0.5) is 0 Å². The Kier molecular flexibility index (Phi) is 43.6. The zero-order valence-corrected chi connectivity index (χ0v) is 37.7. The van der Waals surface area contributed by atoms with Gasteiger partial charge in [0.05, 0.1) is 0 Å². The quantitative estimate of drug-likeness (QED) is 0.0265. The Morgan fingerprint density at radius 1 is 0.356 bits per heavy atom. The average Bonchev–Trinajstić information content (AvgIpc) is 3.23. The highest BCUT2D eigenvalue weighted by Gasteiger charge is 2.19. The van der Waals surface area contributed by atoms with Crippen LogP contribution in [0.25, 0.3) is 0 Å². The fourth-order valence-electron chi connectivity index (χ4n) is 5.78. The molecule has 59 heavy (non-hydrogen) atoms. The molecule has 0 aliphatic heterocycles. The zero-order chi connectivity index (χ0) is 43.0. The molecule has 0 aromatic carbocycles. The molecule has 0 amide bonds. The first-order valence-electron chi connectivity index (χ1n) is 23.4. The molecular formula is C53H84O6. The highest BCUT2D eigenvalue weighted by Crippen LogP contribution is 2.11. The number of esters is 3. The van der Waals surface area contributed by atoms with Crippen molar-refractivity contribution < 1.29 is 28.6 Å². The summed E-state index contributed by atoms with van der Waals surface area (Å²) in [6.07, 6.45) is 62.1. The largest absolute Gasteiger partial charge is 0.462 e. The van der Waals surface area contributed by atoms with Gasteiger partial charge >= 0.3 is 17.9 Å². The van der Waals surface area contributed by atoms with E-state index in [1.165, 1.54) is 6.42 Å². The van der Waals surface area contributed by atoms with Gasteiger partial charge in [0.1, 0.15) is 13.2 Å². The van der Waals surface area contributed by atoms with E-state index in [2.05, 4.69) is 130 Å². The van der Waals surface area contributed by atoms with E-state index in [0.717, 1.165) is 128 Å². The number of ether oxygens (including phenoxy) is 3. The molecule has 0 aliphatic rings. The van der Waals surface area contributed by atoms with Gasteiger partial charge in [-0.3, -0.25) is 14.4 Å². The fourth-order valence-corrected chi connectivity index (χ4v) is 5.78. The first-order chi connectivity index (χ1) is 29.0. The number of carbonyl (C=O) groups is 3. The summed E-state index contributed by atoms with van der Waals surface area (Å²) >= 11 is 0. The monoisotopic (exact) mass is 817 g/mol. The molecule has 0 bridgehead atoms. The molecule has 6 heteroatoms. The number of carbonyl (C=O) groups excluding carboxylic acids is 3. The van der Waals surface area contributed by atoms with E-state index in [4.69, 9.17) is 14.2 Å². The second kappa shape index (κ2) is 46.8. The van der Waals surface area contributed by atoms with Crippen molar-refractivity contribution in [3.05, 3.63) is 109 Å². The summed E-state index contributed by atoms with van der Waals surface area (Å²) in [7, 11) is 0. The molecule has 1 atom stereocenters. The van der Waals surface area contributed by atoms with Gasteiger partial charge in [0, 0.05) is 19.3 Å². The van der Waals surface area contributed by atoms with Crippen molar-refractivity contribution in [3.8, 4) is 0 Å². The SMILES string of the molecule is CC/C=C\C/C=C\C/C=C\C/C=C\CCCCC(=O)OCC(COC(=O)CCCCCCC/C=C\C/C=C\CCC)OC(=O)CCCCC/C=C\C/C=C\C/C=C\CC. The molecule has 0 N–H and O–H groups in total. The summed E-state index contributed by atoms with van der Waals surface area (Å²) in [6.45, 7) is 6.24. The molecule has 0 rings (SSSR count). The molecule has 0 aliphatic carbocycles. The average molecular weight is 817 g/mol. The van der Waals surface area contributed by atoms with E-state index in [-0.39, 0.29) is 37.5 Å². The molecule has 0 saturated carbocycles. The van der Waals surface area contributed by atoms with Crippen LogP contribution in [0.3, 0.4) is 0 Å². The van der Waals surface area contributed by atoms with Crippen molar-refractivity contribution >= 4 is 17.9 Å². The Balaban J connectivity index is 4.54. The molecule has 0 spiro atoms. The van der Waals surface area contributed by atoms with Crippen LogP contribution in [0, 0.1) is 0 Å². The molecule has 0 aromatic rings. The molecule has 6 nitrogen and oxygen atoms in total. The van der Waals surface area contributed by atoms with E-state index in [9.17, 15) is 14.4 Å². The van der Waals surface area contributed by atoms with E-state index in [0.29, 0.717) is 25.7 Å². The van der Waals surface area contributed by atoms with Crippen LogP contribution < -0.4 is 0 Å². The maximum Gasteiger partial charge on any atom is 0.306 e. The van der Waals surface area contributed by atoms with Gasteiger partial charge in [-0.2, -0.15) is 0 Å². The maximum absolute atomic E-state index is 12.7. The lowest BCUT2D eigenvalue weighted by Gasteiger charge is -2.18. The van der Waals surface area contributed by atoms with Crippen molar-refractivity contribution in [2.24, 2.45) is 0 Å². The van der Waals surface area contributed by atoms with Gasteiger partial charge in [0.25, 0.3) is 0 Å². The first kappa shape index (κ1) is 55.1. The minimum Gasteiger partial charge on any atom is -0.462 e. The van der Waals surface area contributed by atoms with Crippen molar-refractivity contribution in [2.45, 2.75) is 194 Å². The summed E-state index contributed by atoms with van der Waals surface area (Å²) in [4.78, 5) is 37.8. The fraction of sp³-hybridized carbons (Fsp3) is 0.604. The van der Waals surface area contributed by atoms with E-state index < -0.39 is 6.10 Å². The second-order valence-corrected chi connectivity index (χ2v) is 14.9. The molecule has 332 valence electrons. The Labute approximate surface area is 361 Å². The number of rotatable bonds is 40. The highest BCUT2D eigenvalue weighted by molar-refractivity contribution is 5.71. The molecule has 0 aromatic heterocycles. The molecule has 0 fully saturated rings. The van der Waals surface area contributed by atoms with Gasteiger partial charge in [-0.15, -0.1) is 0 Å². The minimum absolute atomic E-state index is 0.113. The maximum atomic E-state index is 12.7. The third kappa shape index (κ3) is 45.0. The van der Waals surface area contributed by atoms with E-state index >= 15 is 0 Å². The predicted octanol–water partition coefficient (Wildman–Crippen LogP) is 15.2. The zero-order valence-electron chi connectivity index (χ0n) is 37.7. The van der Waals surface area contributed by atoms with Gasteiger partial charge in [-0.05, 0) is 116 Å². The molecule has 0 radical (unpaired) electrons. The lowest BCUT2D eigenvalue weighted by atomic mass is 10.1. The number of hydrogen-bond donors (Lipinski definition) is 0. The van der Waals surface area contributed by atoms with Crippen molar-refractivity contribution in [1.82, 2.24) is 0 Å². The highest BCUT2D eigenvalue weighted by atomic mass is 16.6. The van der Waals surface area contributed by atoms with Crippen molar-refractivity contribution in [2.75, 3.05) is 13.2 Å². The molecule has 0 saturated heterocycles. The van der Waals surface area contributed by atoms with Gasteiger partial charge in [0.2, 0.25) is 0 Å². The van der Waals surface area contributed by atoms with Crippen LogP contribution in [0.5, 0.6) is 0 Å². The van der Waals surface area contributed by atoms with Crippen LogP contribution >= 0.6 is 0 Å². The smallest absolute Gasteiger partial charge is 0.306 e. The summed E-state index contributed by atoms with van der Waals surface area (Å²) in [6, 6.07) is 0. The van der Waals surface area contributed by atoms with Crippen LogP contribution in [0.2, 0.25) is 0 Å². The third-order valence-electron chi connectivity index (χ3n) is 9.22. The number of unbranched alkanes of at least 4 members (excludes halogenated alkanes) is 11. The van der Waals surface area contributed by atoms with Gasteiger partial charge < -0.3 is 14.2 Å². The Bertz CT molecular complexity index is 1260. The predicted molar refractivity (Wildman–Crippen MR) is 251 cm³/mol. The first-order valence-corrected chi connectivity index (χ1v) is 23.4. The Morgan fingerprint density at radius 3 is 1.08 bits per heavy atom. The van der Waals surface area contributed by atoms with E-state index in [1.54, 1.807) is 0 Å². The van der Waals surface area contributed by atoms with E-state index in [1.807, 2.05) is 0 Å². The topological polar surface area (TPSA) is 78.9 Å². The minimum atomic E-state index is -0.816. The lowest BCUT2D eigenvalue weighted by molar-refractivity contribution is -0.167. The standard InChI is InChI=1S/C53H84O6/c1-4-7-10-13-16-19-22-25-26-29-31-34-37-40-43-46-52(55)58-49-50(59-53(56)47-44-41-38-35-32-28-24-21-18-15-12-9-6-3)48-57-51(54)45-42-39-36-33-30-27-23-20-17-14-11-8-5-2/h7,9-12,14,16,18-21,23,25-26,28,31-32,34,50H,4-6,8,13,15,17,22,24,27,29-30,33,35-49H2,1-3H3/b10-7-,12-9-,14-11-,19-16-,21-18-,23-20-,26-25-,32-28-,34-31-. The third-order valence-corrected chi connectivity index (χ3v) is 9.22. The van der Waals surface area contributed by atoms with Crippen LogP contribution in [-0.2, 0) is 28.6 Å². The van der Waals surface area contributed by atoms with Crippen molar-refractivity contribution in [3.63, 3.8) is 0 Å². The van der Waals surface area contributed by atoms with Crippen LogP contribution in [0.15, 0.2) is 109 Å². The Morgan fingerprint density at radius 2 is 0.661 bits per heavy atom. The number of hydrogen-bond acceptors (Lipinski definition) is 6. The normalized spacial score (nSPS) is 13.1. The Hall–Kier alpha value is -3.93. The van der Waals surface area contributed by atoms with Crippen LogP contribution in [-0.4, -0.2) is 37.2 Å². The summed E-state index contributed by atoms with van der Waals surface area (Å²) in [5.41, 5.74) is 0. The van der Waals surface area contributed by atoms with Crippen molar-refractivity contribution in [1.29, 1.82) is 0 Å². The lowest BCUT2D eigenvalue weighted by Crippen LogP contribution is -2.30. The summed E-state index contributed by atoms with van der Waals surface area (Å²) in [5, 5.41) is 0.